The van der Waals surface area contributed by atoms with Crippen LogP contribution in [0.3, 0.4) is 0 Å². The smallest absolute Gasteiger partial charge is 0.192 e. The summed E-state index contributed by atoms with van der Waals surface area (Å²) < 4.78 is 6.58. The number of anilines is 1. The van der Waals surface area contributed by atoms with Crippen molar-refractivity contribution in [2.75, 3.05) is 18.0 Å². The molecule has 1 aliphatic heterocycles. The molecule has 5 heteroatoms. The van der Waals surface area contributed by atoms with E-state index < -0.39 is 8.32 Å². The molecule has 3 rings (SSSR count). The summed E-state index contributed by atoms with van der Waals surface area (Å²) >= 11 is 0. The van der Waals surface area contributed by atoms with E-state index in [9.17, 15) is 5.11 Å². The molecular formula is C20H30N2O2Si. The summed E-state index contributed by atoms with van der Waals surface area (Å²) in [4.78, 5) is 6.91. The van der Waals surface area contributed by atoms with Gasteiger partial charge in [-0.15, -0.1) is 0 Å². The second-order valence-corrected chi connectivity index (χ2v) is 13.4. The van der Waals surface area contributed by atoms with Crippen molar-refractivity contribution in [1.29, 1.82) is 0 Å². The summed E-state index contributed by atoms with van der Waals surface area (Å²) in [6.07, 6.45) is 4.43. The Hall–Kier alpha value is -1.59. The van der Waals surface area contributed by atoms with Crippen LogP contribution in [0.25, 0.3) is 10.9 Å². The zero-order chi connectivity index (χ0) is 18.2. The third-order valence-corrected chi connectivity index (χ3v) is 10.3. The van der Waals surface area contributed by atoms with Crippen LogP contribution in [-0.2, 0) is 4.43 Å². The van der Waals surface area contributed by atoms with Crippen molar-refractivity contribution >= 4 is 24.9 Å². The second-order valence-electron chi connectivity index (χ2n) is 8.64. The molecule has 2 aromatic rings. The fraction of sp³-hybridized carbons (Fsp3) is 0.550. The molecule has 136 valence electrons. The van der Waals surface area contributed by atoms with Crippen molar-refractivity contribution in [1.82, 2.24) is 4.98 Å². The number of nitrogens with zero attached hydrogens (tertiary/aromatic N) is 2. The number of benzene rings is 1. The number of hydrogen-bond donors (Lipinski definition) is 1. The predicted octanol–water partition coefficient (Wildman–Crippen LogP) is 4.93. The summed E-state index contributed by atoms with van der Waals surface area (Å²) in [7, 11) is -1.69. The van der Waals surface area contributed by atoms with Gasteiger partial charge in [-0.05, 0) is 55.2 Å². The Morgan fingerprint density at radius 2 is 1.84 bits per heavy atom. The first-order valence-electron chi connectivity index (χ1n) is 9.17. The summed E-state index contributed by atoms with van der Waals surface area (Å²) in [6.45, 7) is 13.5. The molecule has 2 heterocycles. The number of phenolic OH excluding ortho intramolecular Hbond substituents is 1. The molecular weight excluding hydrogens is 328 g/mol. The summed E-state index contributed by atoms with van der Waals surface area (Å²) in [5.41, 5.74) is 2.04. The van der Waals surface area contributed by atoms with E-state index in [0.717, 1.165) is 42.5 Å². The van der Waals surface area contributed by atoms with Crippen molar-refractivity contribution in [3.8, 4) is 5.75 Å². The molecule has 0 bridgehead atoms. The molecule has 1 aromatic carbocycles. The van der Waals surface area contributed by atoms with E-state index in [1.54, 1.807) is 12.1 Å². The average Bonchev–Trinajstić information content (AvgIpc) is 2.53. The molecule has 0 radical (unpaired) electrons. The molecule has 0 atom stereocenters. The van der Waals surface area contributed by atoms with Crippen LogP contribution in [0.2, 0.25) is 18.1 Å². The highest BCUT2D eigenvalue weighted by Crippen LogP contribution is 2.38. The van der Waals surface area contributed by atoms with Gasteiger partial charge in [-0.3, -0.25) is 4.98 Å². The van der Waals surface area contributed by atoms with Gasteiger partial charge < -0.3 is 14.4 Å². The third kappa shape index (κ3) is 3.98. The minimum Gasteiger partial charge on any atom is -0.508 e. The maximum Gasteiger partial charge on any atom is 0.192 e. The molecule has 0 saturated carbocycles. The van der Waals surface area contributed by atoms with E-state index in [0.29, 0.717) is 6.10 Å². The summed E-state index contributed by atoms with van der Waals surface area (Å²) in [5, 5.41) is 10.9. The quantitative estimate of drug-likeness (QED) is 0.790. The molecule has 1 fully saturated rings. The van der Waals surface area contributed by atoms with E-state index in [4.69, 9.17) is 4.43 Å². The van der Waals surface area contributed by atoms with Gasteiger partial charge >= 0.3 is 0 Å². The number of piperidine rings is 1. The number of aromatic nitrogens is 1. The van der Waals surface area contributed by atoms with Crippen LogP contribution in [0.5, 0.6) is 5.75 Å². The normalized spacial score (nSPS) is 17.2. The lowest BCUT2D eigenvalue weighted by molar-refractivity contribution is 0.152. The maximum atomic E-state index is 9.69. The average molecular weight is 359 g/mol. The van der Waals surface area contributed by atoms with Crippen molar-refractivity contribution in [3.05, 3.63) is 30.5 Å². The van der Waals surface area contributed by atoms with Crippen molar-refractivity contribution < 1.29 is 9.53 Å². The Balaban J connectivity index is 1.66. The van der Waals surface area contributed by atoms with E-state index in [-0.39, 0.29) is 10.8 Å². The Bertz CT molecular complexity index is 747. The number of aromatic hydroxyl groups is 1. The molecule has 1 aromatic heterocycles. The van der Waals surface area contributed by atoms with E-state index in [2.05, 4.69) is 49.8 Å². The molecule has 0 aliphatic carbocycles. The Kier molecular flexibility index (Phi) is 4.82. The first kappa shape index (κ1) is 18.2. The zero-order valence-corrected chi connectivity index (χ0v) is 17.0. The van der Waals surface area contributed by atoms with Gasteiger partial charge in [0.1, 0.15) is 5.75 Å². The Morgan fingerprint density at radius 3 is 2.48 bits per heavy atom. The van der Waals surface area contributed by atoms with Gasteiger partial charge in [0.25, 0.3) is 0 Å². The Labute approximate surface area is 152 Å². The predicted molar refractivity (Wildman–Crippen MR) is 107 cm³/mol. The van der Waals surface area contributed by atoms with Crippen molar-refractivity contribution in [2.24, 2.45) is 0 Å². The molecule has 1 N–H and O–H groups in total. The highest BCUT2D eigenvalue weighted by atomic mass is 28.4. The number of pyridine rings is 1. The fourth-order valence-electron chi connectivity index (χ4n) is 3.11. The van der Waals surface area contributed by atoms with Crippen LogP contribution in [0.1, 0.15) is 33.6 Å². The van der Waals surface area contributed by atoms with Gasteiger partial charge in [-0.2, -0.15) is 0 Å². The summed E-state index contributed by atoms with van der Waals surface area (Å²) in [6, 6.07) is 7.43. The highest BCUT2D eigenvalue weighted by Gasteiger charge is 2.39. The number of phenols is 1. The van der Waals surface area contributed by atoms with Gasteiger partial charge in [-0.25, -0.2) is 0 Å². The minimum absolute atomic E-state index is 0.258. The number of rotatable bonds is 3. The van der Waals surface area contributed by atoms with Gasteiger partial charge in [0.15, 0.2) is 8.32 Å². The zero-order valence-electron chi connectivity index (χ0n) is 16.0. The third-order valence-electron chi connectivity index (χ3n) is 5.73. The lowest BCUT2D eigenvalue weighted by Crippen LogP contribution is -2.47. The molecule has 25 heavy (non-hydrogen) atoms. The lowest BCUT2D eigenvalue weighted by Gasteiger charge is -2.42. The topological polar surface area (TPSA) is 45.6 Å². The molecule has 1 saturated heterocycles. The lowest BCUT2D eigenvalue weighted by atomic mass is 10.1. The molecule has 0 unspecified atom stereocenters. The van der Waals surface area contributed by atoms with Gasteiger partial charge in [0.05, 0.1) is 17.4 Å². The first-order valence-corrected chi connectivity index (χ1v) is 12.1. The summed E-state index contributed by atoms with van der Waals surface area (Å²) in [5.74, 6) is 0.285. The highest BCUT2D eigenvalue weighted by molar-refractivity contribution is 6.74. The molecule has 0 spiro atoms. The fourth-order valence-corrected chi connectivity index (χ4v) is 4.53. The minimum atomic E-state index is -1.69. The van der Waals surface area contributed by atoms with E-state index in [1.807, 2.05) is 12.3 Å². The first-order chi connectivity index (χ1) is 11.7. The van der Waals surface area contributed by atoms with E-state index in [1.165, 1.54) is 0 Å². The van der Waals surface area contributed by atoms with Crippen LogP contribution < -0.4 is 4.90 Å². The molecule has 4 nitrogen and oxygen atoms in total. The monoisotopic (exact) mass is 358 g/mol. The van der Waals surface area contributed by atoms with Crippen molar-refractivity contribution in [2.45, 2.75) is 57.8 Å². The van der Waals surface area contributed by atoms with Crippen LogP contribution >= 0.6 is 0 Å². The van der Waals surface area contributed by atoms with Crippen molar-refractivity contribution in [3.63, 3.8) is 0 Å². The van der Waals surface area contributed by atoms with Gasteiger partial charge in [0, 0.05) is 24.6 Å². The van der Waals surface area contributed by atoms with Crippen LogP contribution in [0.15, 0.2) is 30.5 Å². The van der Waals surface area contributed by atoms with E-state index >= 15 is 0 Å². The van der Waals surface area contributed by atoms with Crippen LogP contribution in [-0.4, -0.2) is 37.6 Å². The Morgan fingerprint density at radius 1 is 1.16 bits per heavy atom. The number of fused-ring (bicyclic) bond motifs is 1. The molecule has 0 amide bonds. The van der Waals surface area contributed by atoms with Gasteiger partial charge in [-0.1, -0.05) is 20.8 Å². The maximum absolute atomic E-state index is 9.69. The largest absolute Gasteiger partial charge is 0.508 e. The van der Waals surface area contributed by atoms with Crippen LogP contribution in [0, 0.1) is 0 Å². The SMILES string of the molecule is CC(C)(C)[Si](C)(C)OC1CCN(c2cnc3ccc(O)cc3c2)CC1. The molecule has 1 aliphatic rings. The van der Waals surface area contributed by atoms with Gasteiger partial charge in [0.2, 0.25) is 0 Å². The standard InChI is InChI=1S/C20H30N2O2Si/c1-20(2,3)25(4,5)24-18-8-10-22(11-9-18)16-12-15-13-17(23)6-7-19(15)21-14-16/h6-7,12-14,18,23H,8-11H2,1-5H3. The number of hydrogen-bond acceptors (Lipinski definition) is 4. The second kappa shape index (κ2) is 6.61. The van der Waals surface area contributed by atoms with Crippen LogP contribution in [0.4, 0.5) is 5.69 Å².